The SMILES string of the molecule is [CH2-]NCc1ccccc1.[CH3-].[Y]. The number of hydrogen-bond donors (Lipinski definition) is 1. The van der Waals surface area contributed by atoms with Gasteiger partial charge in [0, 0.05) is 32.7 Å². The molecule has 2 heteroatoms. The molecule has 0 aliphatic rings. The largest absolute Gasteiger partial charge is 0.469 e. The van der Waals surface area contributed by atoms with Gasteiger partial charge in [0.2, 0.25) is 0 Å². The van der Waals surface area contributed by atoms with E-state index in [0.29, 0.717) is 0 Å². The molecule has 0 atom stereocenters. The van der Waals surface area contributed by atoms with Crippen molar-refractivity contribution < 1.29 is 32.7 Å². The van der Waals surface area contributed by atoms with Gasteiger partial charge in [-0.05, 0) is 12.1 Å². The second kappa shape index (κ2) is 8.38. The molecule has 0 amide bonds. The van der Waals surface area contributed by atoms with Gasteiger partial charge in [0.15, 0.2) is 0 Å². The van der Waals surface area contributed by atoms with E-state index in [4.69, 9.17) is 0 Å². The van der Waals surface area contributed by atoms with Crippen molar-refractivity contribution in [1.82, 2.24) is 5.32 Å². The molecule has 0 spiro atoms. The predicted octanol–water partition coefficient (Wildman–Crippen LogP) is 2.02. The Bertz CT molecular complexity index is 162. The molecule has 1 N–H and O–H groups in total. The average Bonchev–Trinajstić information content (AvgIpc) is 1.91. The second-order valence-electron chi connectivity index (χ2n) is 1.91. The number of hydrogen-bond acceptors (Lipinski definition) is 1. The summed E-state index contributed by atoms with van der Waals surface area (Å²) >= 11 is 0. The van der Waals surface area contributed by atoms with E-state index in [0.717, 1.165) is 6.54 Å². The summed E-state index contributed by atoms with van der Waals surface area (Å²) in [6.07, 6.45) is 0. The van der Waals surface area contributed by atoms with Crippen molar-refractivity contribution in [3.8, 4) is 0 Å². The Kier molecular flexibility index (Phi) is 10.5. The summed E-state index contributed by atoms with van der Waals surface area (Å²) in [5, 5.41) is 2.83. The van der Waals surface area contributed by atoms with Gasteiger partial charge in [0.05, 0.1) is 0 Å². The van der Waals surface area contributed by atoms with Gasteiger partial charge >= 0.3 is 0 Å². The van der Waals surface area contributed by atoms with Crippen LogP contribution in [0.1, 0.15) is 5.56 Å². The number of rotatable bonds is 2. The maximum absolute atomic E-state index is 3.53. The average molecular weight is 224 g/mol. The molecule has 59 valence electrons. The van der Waals surface area contributed by atoms with Crippen molar-refractivity contribution in [2.45, 2.75) is 6.54 Å². The van der Waals surface area contributed by atoms with Crippen LogP contribution in [0.15, 0.2) is 30.3 Å². The van der Waals surface area contributed by atoms with Crippen LogP contribution < -0.4 is 5.32 Å². The summed E-state index contributed by atoms with van der Waals surface area (Å²) in [5.41, 5.74) is 1.27. The molecular weight excluding hydrogens is 211 g/mol. The molecule has 0 heterocycles. The fraction of sp³-hybridized carbons (Fsp3) is 0.111. The van der Waals surface area contributed by atoms with Gasteiger partial charge in [-0.25, -0.2) is 0 Å². The summed E-state index contributed by atoms with van der Waals surface area (Å²) in [6, 6.07) is 10.2. The van der Waals surface area contributed by atoms with Crippen molar-refractivity contribution in [2.75, 3.05) is 0 Å². The fourth-order valence-electron chi connectivity index (χ4n) is 0.740. The summed E-state index contributed by atoms with van der Waals surface area (Å²) < 4.78 is 0. The molecule has 0 saturated carbocycles. The fourth-order valence-corrected chi connectivity index (χ4v) is 0.740. The Morgan fingerprint density at radius 1 is 1.18 bits per heavy atom. The first-order chi connectivity index (χ1) is 4.43. The van der Waals surface area contributed by atoms with Crippen LogP contribution in [0.5, 0.6) is 0 Å². The van der Waals surface area contributed by atoms with Crippen molar-refractivity contribution in [3.05, 3.63) is 50.4 Å². The zero-order chi connectivity index (χ0) is 6.53. The van der Waals surface area contributed by atoms with Crippen LogP contribution in [-0.2, 0) is 39.3 Å². The van der Waals surface area contributed by atoms with Crippen LogP contribution in [0.3, 0.4) is 0 Å². The van der Waals surface area contributed by atoms with Crippen molar-refractivity contribution >= 4 is 0 Å². The first kappa shape index (κ1) is 13.8. The van der Waals surface area contributed by atoms with Gasteiger partial charge in [-0.1, -0.05) is 30.3 Å². The molecule has 0 unspecified atom stereocenters. The molecule has 0 aromatic heterocycles. The van der Waals surface area contributed by atoms with E-state index in [1.165, 1.54) is 5.56 Å². The molecule has 0 aliphatic carbocycles. The predicted molar refractivity (Wildman–Crippen MR) is 45.1 cm³/mol. The Morgan fingerprint density at radius 3 is 2.18 bits per heavy atom. The Balaban J connectivity index is 0. The van der Waals surface area contributed by atoms with Crippen molar-refractivity contribution in [2.24, 2.45) is 0 Å². The molecule has 0 bridgehead atoms. The van der Waals surface area contributed by atoms with Crippen molar-refractivity contribution in [3.63, 3.8) is 0 Å². The third-order valence-corrected chi connectivity index (χ3v) is 1.17. The zero-order valence-electron chi connectivity index (χ0n) is 6.88. The molecular formula is C9H13NY-2. The van der Waals surface area contributed by atoms with Crippen LogP contribution in [0.25, 0.3) is 0 Å². The minimum Gasteiger partial charge on any atom is -0.469 e. The Hall–Kier alpha value is 0.284. The number of benzene rings is 1. The second-order valence-corrected chi connectivity index (χ2v) is 1.91. The zero-order valence-corrected chi connectivity index (χ0v) is 9.72. The summed E-state index contributed by atoms with van der Waals surface area (Å²) in [7, 11) is 3.53. The minimum atomic E-state index is 0. The van der Waals surface area contributed by atoms with Crippen LogP contribution in [0.2, 0.25) is 0 Å². The van der Waals surface area contributed by atoms with Crippen LogP contribution in [0, 0.1) is 14.5 Å². The third kappa shape index (κ3) is 5.54. The van der Waals surface area contributed by atoms with Gasteiger partial charge in [-0.15, -0.1) is 0 Å². The van der Waals surface area contributed by atoms with Gasteiger partial charge in [0.25, 0.3) is 0 Å². The van der Waals surface area contributed by atoms with E-state index in [-0.39, 0.29) is 40.1 Å². The monoisotopic (exact) mass is 224 g/mol. The Morgan fingerprint density at radius 2 is 1.73 bits per heavy atom. The summed E-state index contributed by atoms with van der Waals surface area (Å²) in [4.78, 5) is 0. The van der Waals surface area contributed by atoms with E-state index in [1.807, 2.05) is 18.2 Å². The van der Waals surface area contributed by atoms with E-state index < -0.39 is 0 Å². The van der Waals surface area contributed by atoms with E-state index in [2.05, 4.69) is 24.5 Å². The molecule has 1 aromatic rings. The quantitative estimate of drug-likeness (QED) is 0.758. The molecule has 1 radical (unpaired) electrons. The van der Waals surface area contributed by atoms with Crippen LogP contribution in [0.4, 0.5) is 0 Å². The normalized spacial score (nSPS) is 7.73. The van der Waals surface area contributed by atoms with Gasteiger partial charge in [-0.2, -0.15) is 0 Å². The topological polar surface area (TPSA) is 12.0 Å². The summed E-state index contributed by atoms with van der Waals surface area (Å²) in [5.74, 6) is 0. The molecule has 0 fully saturated rings. The molecule has 11 heavy (non-hydrogen) atoms. The number of nitrogens with one attached hydrogen (secondary N) is 1. The van der Waals surface area contributed by atoms with Gasteiger partial charge in [0.1, 0.15) is 0 Å². The van der Waals surface area contributed by atoms with Crippen molar-refractivity contribution in [1.29, 1.82) is 0 Å². The third-order valence-electron chi connectivity index (χ3n) is 1.17. The summed E-state index contributed by atoms with van der Waals surface area (Å²) in [6.45, 7) is 0.848. The molecule has 1 aromatic carbocycles. The van der Waals surface area contributed by atoms with Gasteiger partial charge in [-0.3, -0.25) is 7.05 Å². The van der Waals surface area contributed by atoms with E-state index in [9.17, 15) is 0 Å². The molecule has 0 saturated heterocycles. The smallest absolute Gasteiger partial charge is 0 e. The standard InChI is InChI=1S/C8H10N.CH3.Y/c1-9-7-8-5-3-2-4-6-8;;/h2-6,9H,1,7H2;1H3;/q2*-1;. The minimum absolute atomic E-state index is 0. The van der Waals surface area contributed by atoms with Crippen LogP contribution in [-0.4, -0.2) is 0 Å². The van der Waals surface area contributed by atoms with E-state index >= 15 is 0 Å². The van der Waals surface area contributed by atoms with Crippen LogP contribution >= 0.6 is 0 Å². The molecule has 1 rings (SSSR count). The Labute approximate surface area is 94.5 Å². The maximum Gasteiger partial charge on any atom is 0 e. The molecule has 0 aliphatic heterocycles. The van der Waals surface area contributed by atoms with Gasteiger partial charge < -0.3 is 12.7 Å². The van der Waals surface area contributed by atoms with E-state index in [1.54, 1.807) is 0 Å². The maximum atomic E-state index is 3.53. The molecule has 1 nitrogen and oxygen atoms in total. The first-order valence-corrected chi connectivity index (χ1v) is 2.97. The first-order valence-electron chi connectivity index (χ1n) is 2.97.